The van der Waals surface area contributed by atoms with Gasteiger partial charge < -0.3 is 10.6 Å². The predicted octanol–water partition coefficient (Wildman–Crippen LogP) is 1.41. The van der Waals surface area contributed by atoms with Gasteiger partial charge in [0.15, 0.2) is 0 Å². The van der Waals surface area contributed by atoms with Gasteiger partial charge in [0.05, 0.1) is 18.0 Å². The first-order valence-electron chi connectivity index (χ1n) is 6.06. The van der Waals surface area contributed by atoms with Crippen LogP contribution >= 0.6 is 0 Å². The van der Waals surface area contributed by atoms with E-state index in [4.69, 9.17) is 11.0 Å². The highest BCUT2D eigenvalue weighted by atomic mass is 16.2. The van der Waals surface area contributed by atoms with E-state index in [0.29, 0.717) is 31.8 Å². The predicted molar refractivity (Wildman–Crippen MR) is 62.5 cm³/mol. The number of nitrogens with zero attached hydrogens (tertiary/aromatic N) is 2. The van der Waals surface area contributed by atoms with E-state index in [-0.39, 0.29) is 5.91 Å². The lowest BCUT2D eigenvalue weighted by Gasteiger charge is -2.32. The maximum Gasteiger partial charge on any atom is 0.242 e. The Bertz CT molecular complexity index is 287. The van der Waals surface area contributed by atoms with Crippen molar-refractivity contribution in [3.63, 3.8) is 0 Å². The van der Waals surface area contributed by atoms with Crippen molar-refractivity contribution in [2.24, 2.45) is 5.73 Å². The van der Waals surface area contributed by atoms with Gasteiger partial charge in [-0.1, -0.05) is 13.8 Å². The van der Waals surface area contributed by atoms with E-state index in [2.05, 4.69) is 6.07 Å². The first-order chi connectivity index (χ1) is 7.59. The third-order valence-corrected chi connectivity index (χ3v) is 3.40. The summed E-state index contributed by atoms with van der Waals surface area (Å²) in [6.45, 7) is 4.41. The normalized spacial score (nSPS) is 15.6. The summed E-state index contributed by atoms with van der Waals surface area (Å²) in [6, 6.07) is 2.42. The molecule has 2 N–H and O–H groups in total. The van der Waals surface area contributed by atoms with Crippen LogP contribution in [-0.4, -0.2) is 28.9 Å². The first-order valence-corrected chi connectivity index (χ1v) is 6.06. The molecule has 4 nitrogen and oxygen atoms in total. The third kappa shape index (κ3) is 2.73. The second kappa shape index (κ2) is 5.31. The second-order valence-electron chi connectivity index (χ2n) is 4.50. The molecule has 1 saturated carbocycles. The van der Waals surface area contributed by atoms with Crippen molar-refractivity contribution < 1.29 is 4.79 Å². The van der Waals surface area contributed by atoms with Gasteiger partial charge >= 0.3 is 0 Å². The van der Waals surface area contributed by atoms with Gasteiger partial charge in [0, 0.05) is 12.6 Å². The lowest BCUT2D eigenvalue weighted by Crippen LogP contribution is -2.55. The SMILES string of the molecule is CCC(N)(CC)C(=O)N(CCC#N)C1CC1. The van der Waals surface area contributed by atoms with Gasteiger partial charge in [-0.05, 0) is 25.7 Å². The van der Waals surface area contributed by atoms with Crippen molar-refractivity contribution in [2.45, 2.75) is 57.5 Å². The molecule has 0 saturated heterocycles. The number of amides is 1. The second-order valence-corrected chi connectivity index (χ2v) is 4.50. The van der Waals surface area contributed by atoms with E-state index in [9.17, 15) is 4.79 Å². The minimum Gasteiger partial charge on any atom is -0.337 e. The molecule has 1 aliphatic rings. The first kappa shape index (κ1) is 13.0. The van der Waals surface area contributed by atoms with Crippen molar-refractivity contribution >= 4 is 5.91 Å². The molecule has 0 heterocycles. The van der Waals surface area contributed by atoms with Gasteiger partial charge in [-0.3, -0.25) is 4.79 Å². The highest BCUT2D eigenvalue weighted by Crippen LogP contribution is 2.30. The molecule has 0 aliphatic heterocycles. The summed E-state index contributed by atoms with van der Waals surface area (Å²) in [7, 11) is 0. The summed E-state index contributed by atoms with van der Waals surface area (Å²) in [4.78, 5) is 14.1. The lowest BCUT2D eigenvalue weighted by atomic mass is 9.92. The molecule has 1 rings (SSSR count). The number of nitrogens with two attached hydrogens (primary N) is 1. The van der Waals surface area contributed by atoms with E-state index in [1.165, 1.54) is 0 Å². The van der Waals surface area contributed by atoms with Crippen molar-refractivity contribution in [2.75, 3.05) is 6.54 Å². The Morgan fingerprint density at radius 1 is 1.50 bits per heavy atom. The standard InChI is InChI=1S/C12H21N3O/c1-3-12(14,4-2)11(16)15(9-5-8-13)10-6-7-10/h10H,3-7,9,14H2,1-2H3. The Labute approximate surface area is 97.4 Å². The Morgan fingerprint density at radius 2 is 2.06 bits per heavy atom. The van der Waals surface area contributed by atoms with Gasteiger partial charge in [-0.2, -0.15) is 5.26 Å². The van der Waals surface area contributed by atoms with E-state index < -0.39 is 5.54 Å². The van der Waals surface area contributed by atoms with Crippen LogP contribution in [0.5, 0.6) is 0 Å². The van der Waals surface area contributed by atoms with Gasteiger partial charge in [-0.15, -0.1) is 0 Å². The lowest BCUT2D eigenvalue weighted by molar-refractivity contribution is -0.137. The summed E-state index contributed by atoms with van der Waals surface area (Å²) in [5.74, 6) is 0.0234. The van der Waals surface area contributed by atoms with Crippen LogP contribution in [0.2, 0.25) is 0 Å². The zero-order valence-electron chi connectivity index (χ0n) is 10.2. The van der Waals surface area contributed by atoms with Crippen LogP contribution in [0.4, 0.5) is 0 Å². The smallest absolute Gasteiger partial charge is 0.242 e. The minimum atomic E-state index is -0.738. The summed E-state index contributed by atoms with van der Waals surface area (Å²) in [6.07, 6.45) is 3.81. The summed E-state index contributed by atoms with van der Waals surface area (Å²) >= 11 is 0. The van der Waals surface area contributed by atoms with Gasteiger partial charge in [0.2, 0.25) is 5.91 Å². The van der Waals surface area contributed by atoms with E-state index in [0.717, 1.165) is 12.8 Å². The van der Waals surface area contributed by atoms with Crippen LogP contribution in [0.15, 0.2) is 0 Å². The minimum absolute atomic E-state index is 0.0234. The molecule has 1 aliphatic carbocycles. The average Bonchev–Trinajstić information content (AvgIpc) is 3.12. The summed E-state index contributed by atoms with van der Waals surface area (Å²) in [5.41, 5.74) is 5.37. The van der Waals surface area contributed by atoms with Crippen molar-refractivity contribution in [3.8, 4) is 6.07 Å². The summed E-state index contributed by atoms with van der Waals surface area (Å²) < 4.78 is 0. The van der Waals surface area contributed by atoms with Crippen molar-refractivity contribution in [3.05, 3.63) is 0 Å². The fourth-order valence-corrected chi connectivity index (χ4v) is 1.85. The zero-order valence-corrected chi connectivity index (χ0v) is 10.2. The Balaban J connectivity index is 2.70. The number of hydrogen-bond donors (Lipinski definition) is 1. The molecule has 0 bridgehead atoms. The van der Waals surface area contributed by atoms with Crippen LogP contribution < -0.4 is 5.73 Å². The van der Waals surface area contributed by atoms with Crippen LogP contribution in [0.1, 0.15) is 46.0 Å². The molecule has 0 aromatic heterocycles. The number of hydrogen-bond acceptors (Lipinski definition) is 3. The number of rotatable bonds is 6. The highest BCUT2D eigenvalue weighted by molar-refractivity contribution is 5.86. The molecule has 90 valence electrons. The van der Waals surface area contributed by atoms with Crippen LogP contribution in [0, 0.1) is 11.3 Å². The van der Waals surface area contributed by atoms with Crippen molar-refractivity contribution in [1.82, 2.24) is 4.90 Å². The fourth-order valence-electron chi connectivity index (χ4n) is 1.85. The Kier molecular flexibility index (Phi) is 4.31. The largest absolute Gasteiger partial charge is 0.337 e. The number of carbonyl (C=O) groups is 1. The highest BCUT2D eigenvalue weighted by Gasteiger charge is 2.40. The molecule has 0 aromatic carbocycles. The molecule has 1 fully saturated rings. The van der Waals surface area contributed by atoms with Crippen LogP contribution in [0.3, 0.4) is 0 Å². The molecule has 0 spiro atoms. The maximum atomic E-state index is 12.3. The molecule has 0 unspecified atom stereocenters. The Morgan fingerprint density at radius 3 is 2.44 bits per heavy atom. The molecular weight excluding hydrogens is 202 g/mol. The molecule has 1 amide bonds. The van der Waals surface area contributed by atoms with Crippen LogP contribution in [0.25, 0.3) is 0 Å². The molecule has 0 aromatic rings. The van der Waals surface area contributed by atoms with E-state index >= 15 is 0 Å². The molecule has 4 heteroatoms. The molecule has 0 atom stereocenters. The quantitative estimate of drug-likeness (QED) is 0.740. The third-order valence-electron chi connectivity index (χ3n) is 3.40. The molecular formula is C12H21N3O. The van der Waals surface area contributed by atoms with Crippen molar-refractivity contribution in [1.29, 1.82) is 5.26 Å². The monoisotopic (exact) mass is 223 g/mol. The van der Waals surface area contributed by atoms with E-state index in [1.807, 2.05) is 18.7 Å². The fraction of sp³-hybridized carbons (Fsp3) is 0.833. The van der Waals surface area contributed by atoms with Gasteiger partial charge in [-0.25, -0.2) is 0 Å². The Hall–Kier alpha value is -1.08. The van der Waals surface area contributed by atoms with Crippen LogP contribution in [-0.2, 0) is 4.79 Å². The number of nitriles is 1. The summed E-state index contributed by atoms with van der Waals surface area (Å²) in [5, 5.41) is 8.60. The average molecular weight is 223 g/mol. The van der Waals surface area contributed by atoms with E-state index in [1.54, 1.807) is 0 Å². The topological polar surface area (TPSA) is 70.1 Å². The van der Waals surface area contributed by atoms with Gasteiger partial charge in [0.25, 0.3) is 0 Å². The molecule has 0 radical (unpaired) electrons. The number of carbonyl (C=O) groups excluding carboxylic acids is 1. The molecule has 16 heavy (non-hydrogen) atoms. The zero-order chi connectivity index (χ0) is 12.2. The maximum absolute atomic E-state index is 12.3. The van der Waals surface area contributed by atoms with Gasteiger partial charge in [0.1, 0.15) is 0 Å².